The standard InChI is InChI=1S/C17H24N4O3S2/c1-13(16(22)20-17(12-18)9-5-4-6-10-17)25-15-8-7-14(11-19-15)26(23,24)21(2)3/h7-8,11,13H,4-6,9-10H2,1-3H3,(H,20,22)/t13-/m0/s1. The van der Waals surface area contributed by atoms with Gasteiger partial charge in [-0.3, -0.25) is 4.79 Å². The van der Waals surface area contributed by atoms with Crippen LogP contribution in [0.4, 0.5) is 0 Å². The van der Waals surface area contributed by atoms with Crippen LogP contribution in [-0.2, 0) is 14.8 Å². The van der Waals surface area contributed by atoms with Crippen LogP contribution < -0.4 is 5.32 Å². The first-order valence-electron chi connectivity index (χ1n) is 8.49. The van der Waals surface area contributed by atoms with Crippen LogP contribution in [0.25, 0.3) is 0 Å². The summed E-state index contributed by atoms with van der Waals surface area (Å²) in [6.07, 6.45) is 5.64. The Balaban J connectivity index is 2.02. The molecule has 1 aliphatic rings. The normalized spacial score (nSPS) is 18.1. The molecule has 1 aliphatic carbocycles. The number of pyridine rings is 1. The van der Waals surface area contributed by atoms with E-state index in [4.69, 9.17) is 0 Å². The second-order valence-electron chi connectivity index (χ2n) is 6.62. The molecule has 26 heavy (non-hydrogen) atoms. The molecular weight excluding hydrogens is 372 g/mol. The summed E-state index contributed by atoms with van der Waals surface area (Å²) < 4.78 is 25.2. The van der Waals surface area contributed by atoms with Crippen molar-refractivity contribution in [2.24, 2.45) is 0 Å². The van der Waals surface area contributed by atoms with E-state index >= 15 is 0 Å². The molecule has 9 heteroatoms. The number of rotatable bonds is 6. The number of carbonyl (C=O) groups is 1. The summed E-state index contributed by atoms with van der Waals surface area (Å²) in [4.78, 5) is 16.7. The Labute approximate surface area is 159 Å². The number of thioether (sulfide) groups is 1. The lowest BCUT2D eigenvalue weighted by molar-refractivity contribution is -0.121. The Morgan fingerprint density at radius 1 is 1.35 bits per heavy atom. The highest BCUT2D eigenvalue weighted by Gasteiger charge is 2.34. The van der Waals surface area contributed by atoms with Crippen molar-refractivity contribution in [3.8, 4) is 6.07 Å². The van der Waals surface area contributed by atoms with Gasteiger partial charge < -0.3 is 5.32 Å². The summed E-state index contributed by atoms with van der Waals surface area (Å²) in [5, 5.41) is 12.5. The van der Waals surface area contributed by atoms with Crippen LogP contribution in [-0.4, -0.2) is 48.5 Å². The van der Waals surface area contributed by atoms with Crippen molar-refractivity contribution in [1.29, 1.82) is 5.26 Å². The summed E-state index contributed by atoms with van der Waals surface area (Å²) >= 11 is 1.24. The van der Waals surface area contributed by atoms with Gasteiger partial charge in [-0.05, 0) is 31.9 Å². The summed E-state index contributed by atoms with van der Waals surface area (Å²) in [5.41, 5.74) is -0.763. The van der Waals surface area contributed by atoms with Gasteiger partial charge in [-0.1, -0.05) is 31.0 Å². The lowest BCUT2D eigenvalue weighted by Crippen LogP contribution is -2.50. The minimum atomic E-state index is -3.52. The number of amides is 1. The summed E-state index contributed by atoms with van der Waals surface area (Å²) in [5.74, 6) is -0.203. The third-order valence-electron chi connectivity index (χ3n) is 4.44. The van der Waals surface area contributed by atoms with E-state index in [1.807, 2.05) is 0 Å². The molecule has 0 unspecified atom stereocenters. The van der Waals surface area contributed by atoms with Gasteiger partial charge in [-0.2, -0.15) is 5.26 Å². The molecule has 1 aromatic rings. The van der Waals surface area contributed by atoms with Crippen molar-refractivity contribution in [2.75, 3.05) is 14.1 Å². The fourth-order valence-corrected chi connectivity index (χ4v) is 4.43. The van der Waals surface area contributed by atoms with E-state index in [9.17, 15) is 18.5 Å². The minimum absolute atomic E-state index is 0.106. The molecule has 0 aliphatic heterocycles. The third kappa shape index (κ3) is 4.75. The van der Waals surface area contributed by atoms with E-state index in [1.54, 1.807) is 13.0 Å². The van der Waals surface area contributed by atoms with E-state index in [1.165, 1.54) is 38.1 Å². The summed E-state index contributed by atoms with van der Waals surface area (Å²) in [6, 6.07) is 5.34. The van der Waals surface area contributed by atoms with Crippen molar-refractivity contribution in [3.63, 3.8) is 0 Å². The Morgan fingerprint density at radius 3 is 2.50 bits per heavy atom. The quantitative estimate of drug-likeness (QED) is 0.739. The molecule has 1 aromatic heterocycles. The van der Waals surface area contributed by atoms with Crippen molar-refractivity contribution in [1.82, 2.24) is 14.6 Å². The zero-order chi connectivity index (χ0) is 19.4. The number of nitrogens with zero attached hydrogens (tertiary/aromatic N) is 3. The van der Waals surface area contributed by atoms with Gasteiger partial charge in [0.1, 0.15) is 10.4 Å². The second kappa shape index (κ2) is 8.37. The second-order valence-corrected chi connectivity index (χ2v) is 10.1. The molecule has 0 aromatic carbocycles. The molecule has 0 spiro atoms. The van der Waals surface area contributed by atoms with E-state index in [2.05, 4.69) is 16.4 Å². The van der Waals surface area contributed by atoms with Gasteiger partial charge in [0, 0.05) is 20.3 Å². The highest BCUT2D eigenvalue weighted by atomic mass is 32.2. The molecule has 2 rings (SSSR count). The number of nitrogens with one attached hydrogen (secondary N) is 1. The Morgan fingerprint density at radius 2 is 2.00 bits per heavy atom. The number of hydrogen-bond donors (Lipinski definition) is 1. The monoisotopic (exact) mass is 396 g/mol. The minimum Gasteiger partial charge on any atom is -0.337 e. The average molecular weight is 397 g/mol. The largest absolute Gasteiger partial charge is 0.337 e. The molecule has 0 bridgehead atoms. The molecule has 1 N–H and O–H groups in total. The maximum Gasteiger partial charge on any atom is 0.244 e. The van der Waals surface area contributed by atoms with Crippen molar-refractivity contribution in [3.05, 3.63) is 18.3 Å². The van der Waals surface area contributed by atoms with Crippen LogP contribution in [0.5, 0.6) is 0 Å². The smallest absolute Gasteiger partial charge is 0.244 e. The van der Waals surface area contributed by atoms with Crippen LogP contribution in [0.3, 0.4) is 0 Å². The van der Waals surface area contributed by atoms with Gasteiger partial charge in [0.25, 0.3) is 0 Å². The first-order valence-corrected chi connectivity index (χ1v) is 10.8. The molecule has 142 valence electrons. The van der Waals surface area contributed by atoms with Crippen molar-refractivity contribution in [2.45, 2.75) is 59.7 Å². The fourth-order valence-electron chi connectivity index (χ4n) is 2.79. The average Bonchev–Trinajstić information content (AvgIpc) is 2.62. The molecule has 1 amide bonds. The summed E-state index contributed by atoms with van der Waals surface area (Å²) in [6.45, 7) is 1.75. The maximum atomic E-state index is 12.5. The predicted molar refractivity (Wildman–Crippen MR) is 100 cm³/mol. The van der Waals surface area contributed by atoms with Crippen molar-refractivity contribution < 1.29 is 13.2 Å². The van der Waals surface area contributed by atoms with E-state index in [-0.39, 0.29) is 10.8 Å². The van der Waals surface area contributed by atoms with Gasteiger partial charge in [0.15, 0.2) is 0 Å². The SMILES string of the molecule is C[C@H](Sc1ccc(S(=O)(=O)N(C)C)cn1)C(=O)NC1(C#N)CCCCC1. The van der Waals surface area contributed by atoms with E-state index in [0.717, 1.165) is 23.6 Å². The Bertz CT molecular complexity index is 779. The highest BCUT2D eigenvalue weighted by Crippen LogP contribution is 2.29. The number of carbonyl (C=O) groups excluding carboxylic acids is 1. The van der Waals surface area contributed by atoms with Crippen molar-refractivity contribution >= 4 is 27.7 Å². The zero-order valence-corrected chi connectivity index (χ0v) is 16.9. The number of hydrogen-bond acceptors (Lipinski definition) is 6. The maximum absolute atomic E-state index is 12.5. The number of aromatic nitrogens is 1. The summed E-state index contributed by atoms with van der Waals surface area (Å²) in [7, 11) is -0.605. The van der Waals surface area contributed by atoms with E-state index < -0.39 is 20.8 Å². The predicted octanol–water partition coefficient (Wildman–Crippen LogP) is 2.16. The molecule has 1 atom stereocenters. The van der Waals surface area contributed by atoms with Crippen LogP contribution in [0, 0.1) is 11.3 Å². The molecule has 1 fully saturated rings. The van der Waals surface area contributed by atoms with E-state index in [0.29, 0.717) is 17.9 Å². The lowest BCUT2D eigenvalue weighted by Gasteiger charge is -2.32. The van der Waals surface area contributed by atoms with Gasteiger partial charge in [-0.15, -0.1) is 0 Å². The topological polar surface area (TPSA) is 103 Å². The van der Waals surface area contributed by atoms with Crippen LogP contribution in [0.2, 0.25) is 0 Å². The van der Waals surface area contributed by atoms with Gasteiger partial charge in [-0.25, -0.2) is 17.7 Å². The third-order valence-corrected chi connectivity index (χ3v) is 7.29. The molecule has 7 nitrogen and oxygen atoms in total. The molecule has 0 radical (unpaired) electrons. The number of sulfonamides is 1. The first kappa shape index (κ1) is 20.7. The Kier molecular flexibility index (Phi) is 6.66. The van der Waals surface area contributed by atoms with Gasteiger partial charge >= 0.3 is 0 Å². The number of nitriles is 1. The first-order chi connectivity index (χ1) is 12.2. The molecule has 1 heterocycles. The molecule has 1 saturated carbocycles. The highest BCUT2D eigenvalue weighted by molar-refractivity contribution is 8.00. The van der Waals surface area contributed by atoms with Gasteiger partial charge in [0.05, 0.1) is 16.3 Å². The Hall–Kier alpha value is -1.63. The molecular formula is C17H24N4O3S2. The fraction of sp³-hybridized carbons (Fsp3) is 0.588. The van der Waals surface area contributed by atoms with Crippen LogP contribution in [0.1, 0.15) is 39.0 Å². The van der Waals surface area contributed by atoms with Crippen LogP contribution in [0.15, 0.2) is 28.3 Å². The zero-order valence-electron chi connectivity index (χ0n) is 15.2. The molecule has 0 saturated heterocycles. The lowest BCUT2D eigenvalue weighted by atomic mass is 9.83. The van der Waals surface area contributed by atoms with Crippen LogP contribution >= 0.6 is 11.8 Å². The van der Waals surface area contributed by atoms with Gasteiger partial charge in [0.2, 0.25) is 15.9 Å².